The first-order valence-corrected chi connectivity index (χ1v) is 11.2. The average Bonchev–Trinajstić information content (AvgIpc) is 3.23. The largest absolute Gasteiger partial charge is 0.272 e. The molecule has 7 heteroatoms. The molecule has 0 aliphatic carbocycles. The van der Waals surface area contributed by atoms with Gasteiger partial charge in [-0.15, -0.1) is 10.2 Å². The summed E-state index contributed by atoms with van der Waals surface area (Å²) in [4.78, 5) is 12.3. The monoisotopic (exact) mass is 441 g/mol. The fourth-order valence-corrected chi connectivity index (χ4v) is 3.80. The molecule has 160 valence electrons. The van der Waals surface area contributed by atoms with Gasteiger partial charge in [-0.25, -0.2) is 5.43 Å². The third-order valence-corrected chi connectivity index (χ3v) is 5.70. The van der Waals surface area contributed by atoms with Crippen molar-refractivity contribution in [2.75, 3.05) is 5.75 Å². The zero-order valence-corrected chi connectivity index (χ0v) is 18.7. The summed E-state index contributed by atoms with van der Waals surface area (Å²) in [6.45, 7) is 4.10. The van der Waals surface area contributed by atoms with Crippen LogP contribution in [0.3, 0.4) is 0 Å². The Morgan fingerprint density at radius 2 is 1.59 bits per heavy atom. The standard InChI is InChI=1S/C25H23N5OS/c1-18-8-12-21(13-9-18)24-28-29-25(30(24)22-14-10-19(2)11-15-22)32-17-23(31)27-26-16-20-6-4-3-5-7-20/h3-16H,17H2,1-2H3,(H,27,31)/b26-16-. The number of hydrogen-bond acceptors (Lipinski definition) is 5. The SMILES string of the molecule is Cc1ccc(-c2nnc(SCC(=O)N/N=C\c3ccccc3)n2-c2ccc(C)cc2)cc1. The summed E-state index contributed by atoms with van der Waals surface area (Å²) in [6.07, 6.45) is 1.62. The zero-order valence-electron chi connectivity index (χ0n) is 17.9. The predicted octanol–water partition coefficient (Wildman–Crippen LogP) is 4.79. The van der Waals surface area contributed by atoms with Crippen LogP contribution in [-0.2, 0) is 4.79 Å². The Kier molecular flexibility index (Phi) is 6.77. The van der Waals surface area contributed by atoms with Gasteiger partial charge in [0, 0.05) is 11.3 Å². The number of hydrazone groups is 1. The smallest absolute Gasteiger partial charge is 0.250 e. The average molecular weight is 442 g/mol. The highest BCUT2D eigenvalue weighted by Gasteiger charge is 2.17. The molecular weight excluding hydrogens is 418 g/mol. The molecule has 1 aromatic heterocycles. The molecular formula is C25H23N5OS. The number of nitrogens with zero attached hydrogens (tertiary/aromatic N) is 4. The molecule has 1 N–H and O–H groups in total. The number of carbonyl (C=O) groups is 1. The highest BCUT2D eigenvalue weighted by molar-refractivity contribution is 7.99. The Morgan fingerprint density at radius 3 is 2.28 bits per heavy atom. The van der Waals surface area contributed by atoms with Crippen molar-refractivity contribution in [2.45, 2.75) is 19.0 Å². The minimum atomic E-state index is -0.211. The molecule has 4 rings (SSSR count). The minimum Gasteiger partial charge on any atom is -0.272 e. The molecule has 1 amide bonds. The van der Waals surface area contributed by atoms with E-state index in [0.29, 0.717) is 5.16 Å². The normalized spacial score (nSPS) is 11.1. The van der Waals surface area contributed by atoms with E-state index in [1.165, 1.54) is 22.9 Å². The summed E-state index contributed by atoms with van der Waals surface area (Å²) in [7, 11) is 0. The van der Waals surface area contributed by atoms with E-state index in [1.807, 2.05) is 78.2 Å². The van der Waals surface area contributed by atoms with Crippen molar-refractivity contribution in [1.82, 2.24) is 20.2 Å². The third-order valence-electron chi connectivity index (χ3n) is 4.77. The van der Waals surface area contributed by atoms with Gasteiger partial charge < -0.3 is 0 Å². The van der Waals surface area contributed by atoms with Gasteiger partial charge in [-0.3, -0.25) is 9.36 Å². The maximum Gasteiger partial charge on any atom is 0.250 e. The third kappa shape index (κ3) is 5.31. The number of amides is 1. The van der Waals surface area contributed by atoms with Crippen LogP contribution in [0.2, 0.25) is 0 Å². The van der Waals surface area contributed by atoms with Crippen LogP contribution in [0.4, 0.5) is 0 Å². The van der Waals surface area contributed by atoms with Crippen LogP contribution in [0.15, 0.2) is 89.1 Å². The van der Waals surface area contributed by atoms with Gasteiger partial charge in [-0.2, -0.15) is 5.10 Å². The summed E-state index contributed by atoms with van der Waals surface area (Å²) in [6, 6.07) is 25.9. The first-order valence-electron chi connectivity index (χ1n) is 10.2. The van der Waals surface area contributed by atoms with Crippen molar-refractivity contribution >= 4 is 23.9 Å². The summed E-state index contributed by atoms with van der Waals surface area (Å²) in [5.41, 5.74) is 7.74. The van der Waals surface area contributed by atoms with Gasteiger partial charge in [-0.1, -0.05) is 89.6 Å². The van der Waals surface area contributed by atoms with Gasteiger partial charge in [0.25, 0.3) is 5.91 Å². The number of hydrogen-bond donors (Lipinski definition) is 1. The Balaban J connectivity index is 1.53. The second-order valence-electron chi connectivity index (χ2n) is 7.34. The number of nitrogens with one attached hydrogen (secondary N) is 1. The maximum absolute atomic E-state index is 12.3. The summed E-state index contributed by atoms with van der Waals surface area (Å²) in [5, 5.41) is 13.5. The van der Waals surface area contributed by atoms with E-state index in [2.05, 4.69) is 39.8 Å². The second kappa shape index (κ2) is 10.1. The quantitative estimate of drug-likeness (QED) is 0.254. The van der Waals surface area contributed by atoms with E-state index in [1.54, 1.807) is 6.21 Å². The fraction of sp³-hybridized carbons (Fsp3) is 0.120. The summed E-state index contributed by atoms with van der Waals surface area (Å²) in [5.74, 6) is 0.695. The Morgan fingerprint density at radius 1 is 0.938 bits per heavy atom. The van der Waals surface area contributed by atoms with Crippen molar-refractivity contribution < 1.29 is 4.79 Å². The lowest BCUT2D eigenvalue weighted by atomic mass is 10.1. The molecule has 0 unspecified atom stereocenters. The molecule has 0 bridgehead atoms. The molecule has 0 spiro atoms. The van der Waals surface area contributed by atoms with Crippen LogP contribution in [-0.4, -0.2) is 32.6 Å². The van der Waals surface area contributed by atoms with Gasteiger partial charge in [0.1, 0.15) is 0 Å². The molecule has 0 radical (unpaired) electrons. The molecule has 4 aromatic rings. The fourth-order valence-electron chi connectivity index (χ4n) is 3.06. The predicted molar refractivity (Wildman–Crippen MR) is 129 cm³/mol. The van der Waals surface area contributed by atoms with E-state index in [4.69, 9.17) is 0 Å². The van der Waals surface area contributed by atoms with Gasteiger partial charge in [-0.05, 0) is 31.5 Å². The van der Waals surface area contributed by atoms with Crippen LogP contribution < -0.4 is 5.43 Å². The van der Waals surface area contributed by atoms with Crippen LogP contribution in [0.25, 0.3) is 17.1 Å². The molecule has 32 heavy (non-hydrogen) atoms. The van der Waals surface area contributed by atoms with Crippen molar-refractivity contribution in [3.05, 3.63) is 95.6 Å². The topological polar surface area (TPSA) is 72.2 Å². The van der Waals surface area contributed by atoms with E-state index in [-0.39, 0.29) is 11.7 Å². The van der Waals surface area contributed by atoms with E-state index in [0.717, 1.165) is 22.6 Å². The number of carbonyl (C=O) groups excluding carboxylic acids is 1. The molecule has 0 aliphatic heterocycles. The molecule has 3 aromatic carbocycles. The maximum atomic E-state index is 12.3. The summed E-state index contributed by atoms with van der Waals surface area (Å²) < 4.78 is 1.98. The van der Waals surface area contributed by atoms with E-state index >= 15 is 0 Å². The lowest BCUT2D eigenvalue weighted by Gasteiger charge is -2.11. The Bertz CT molecular complexity index is 1220. The van der Waals surface area contributed by atoms with Crippen LogP contribution in [0, 0.1) is 13.8 Å². The number of benzene rings is 3. The number of aryl methyl sites for hydroxylation is 2. The molecule has 0 aliphatic rings. The molecule has 1 heterocycles. The first kappa shape index (κ1) is 21.5. The summed E-state index contributed by atoms with van der Waals surface area (Å²) >= 11 is 1.32. The first-order chi connectivity index (χ1) is 15.6. The number of thioether (sulfide) groups is 1. The molecule has 0 saturated heterocycles. The van der Waals surface area contributed by atoms with E-state index in [9.17, 15) is 4.79 Å². The molecule has 0 fully saturated rings. The van der Waals surface area contributed by atoms with Crippen LogP contribution in [0.1, 0.15) is 16.7 Å². The highest BCUT2D eigenvalue weighted by Crippen LogP contribution is 2.28. The lowest BCUT2D eigenvalue weighted by molar-refractivity contribution is -0.118. The van der Waals surface area contributed by atoms with Crippen LogP contribution in [0.5, 0.6) is 0 Å². The minimum absolute atomic E-state index is 0.171. The highest BCUT2D eigenvalue weighted by atomic mass is 32.2. The van der Waals surface area contributed by atoms with Gasteiger partial charge in [0.05, 0.1) is 12.0 Å². The molecule has 6 nitrogen and oxygen atoms in total. The zero-order chi connectivity index (χ0) is 22.3. The van der Waals surface area contributed by atoms with E-state index < -0.39 is 0 Å². The van der Waals surface area contributed by atoms with Crippen molar-refractivity contribution in [3.8, 4) is 17.1 Å². The lowest BCUT2D eigenvalue weighted by Crippen LogP contribution is -2.20. The van der Waals surface area contributed by atoms with Gasteiger partial charge >= 0.3 is 0 Å². The number of aromatic nitrogens is 3. The molecule has 0 atom stereocenters. The van der Waals surface area contributed by atoms with Gasteiger partial charge in [0.15, 0.2) is 11.0 Å². The Hall–Kier alpha value is -3.71. The van der Waals surface area contributed by atoms with Crippen LogP contribution >= 0.6 is 11.8 Å². The Labute approximate surface area is 191 Å². The molecule has 0 saturated carbocycles. The van der Waals surface area contributed by atoms with Crippen molar-refractivity contribution in [1.29, 1.82) is 0 Å². The van der Waals surface area contributed by atoms with Crippen molar-refractivity contribution in [2.24, 2.45) is 5.10 Å². The second-order valence-corrected chi connectivity index (χ2v) is 8.28. The number of rotatable bonds is 7. The van der Waals surface area contributed by atoms with Gasteiger partial charge in [0.2, 0.25) is 0 Å². The van der Waals surface area contributed by atoms with Crippen molar-refractivity contribution in [3.63, 3.8) is 0 Å².